The molecule has 0 bridgehead atoms. The minimum atomic E-state index is 0.530. The molecule has 2 heterocycles. The maximum absolute atomic E-state index is 6.13. The highest BCUT2D eigenvalue weighted by molar-refractivity contribution is 7.99. The van der Waals surface area contributed by atoms with E-state index in [4.69, 9.17) is 11.6 Å². The lowest BCUT2D eigenvalue weighted by Crippen LogP contribution is -2.32. The van der Waals surface area contributed by atoms with Gasteiger partial charge in [-0.1, -0.05) is 11.6 Å². The van der Waals surface area contributed by atoms with E-state index in [1.807, 2.05) is 18.8 Å². The van der Waals surface area contributed by atoms with Gasteiger partial charge in [0.1, 0.15) is 5.02 Å². The molecule has 1 N–H and O–H groups in total. The number of aromatic nitrogens is 2. The van der Waals surface area contributed by atoms with Crippen molar-refractivity contribution in [3.63, 3.8) is 0 Å². The Morgan fingerprint density at radius 3 is 3.06 bits per heavy atom. The normalized spacial score (nSPS) is 19.8. The Balaban J connectivity index is 2.23. The van der Waals surface area contributed by atoms with Crippen molar-refractivity contribution in [2.24, 2.45) is 0 Å². The fourth-order valence-corrected chi connectivity index (χ4v) is 3.22. The van der Waals surface area contributed by atoms with Gasteiger partial charge in [-0.2, -0.15) is 16.7 Å². The zero-order chi connectivity index (χ0) is 11.5. The van der Waals surface area contributed by atoms with Crippen molar-refractivity contribution in [2.75, 3.05) is 35.8 Å². The van der Waals surface area contributed by atoms with Gasteiger partial charge in [-0.05, 0) is 12.2 Å². The number of hydrogen-bond donors (Lipinski definition) is 1. The van der Waals surface area contributed by atoms with Gasteiger partial charge in [0.25, 0.3) is 0 Å². The lowest BCUT2D eigenvalue weighted by molar-refractivity contribution is 0.691. The molecule has 1 saturated heterocycles. The summed E-state index contributed by atoms with van der Waals surface area (Å²) in [6.45, 7) is 0. The predicted molar refractivity (Wildman–Crippen MR) is 70.7 cm³/mol. The van der Waals surface area contributed by atoms with E-state index in [1.165, 1.54) is 12.2 Å². The Kier molecular flexibility index (Phi) is 3.76. The zero-order valence-corrected chi connectivity index (χ0v) is 11.0. The number of nitrogens with one attached hydrogen (secondary N) is 1. The van der Waals surface area contributed by atoms with Gasteiger partial charge < -0.3 is 10.2 Å². The van der Waals surface area contributed by atoms with Crippen LogP contribution in [-0.4, -0.2) is 41.6 Å². The third kappa shape index (κ3) is 2.35. The first-order valence-corrected chi connectivity index (χ1v) is 6.76. The summed E-state index contributed by atoms with van der Waals surface area (Å²) in [5, 5.41) is 3.54. The van der Waals surface area contributed by atoms with Crippen LogP contribution >= 0.6 is 23.4 Å². The van der Waals surface area contributed by atoms with Gasteiger partial charge in [0, 0.05) is 25.9 Å². The minimum Gasteiger partial charge on any atom is -0.357 e. The molecule has 1 unspecified atom stereocenters. The van der Waals surface area contributed by atoms with Crippen LogP contribution in [0, 0.1) is 0 Å². The molecule has 88 valence electrons. The van der Waals surface area contributed by atoms with Crippen molar-refractivity contribution in [2.45, 2.75) is 12.5 Å². The van der Waals surface area contributed by atoms with Crippen molar-refractivity contribution in [1.82, 2.24) is 9.97 Å². The predicted octanol–water partition coefficient (Wildman–Crippen LogP) is 2.11. The molecule has 0 amide bonds. The molecule has 0 radical (unpaired) electrons. The molecule has 1 aliphatic heterocycles. The van der Waals surface area contributed by atoms with Crippen molar-refractivity contribution >= 4 is 35.1 Å². The molecule has 1 aromatic heterocycles. The number of hydrogen-bond acceptors (Lipinski definition) is 5. The largest absolute Gasteiger partial charge is 0.357 e. The average Bonchev–Trinajstić information content (AvgIpc) is 2.82. The SMILES string of the molecule is CNc1ncc(Cl)c(N(C)C2CCSC2)n1. The quantitative estimate of drug-likeness (QED) is 0.899. The van der Waals surface area contributed by atoms with Gasteiger partial charge in [-0.3, -0.25) is 0 Å². The molecule has 0 aromatic carbocycles. The third-order valence-electron chi connectivity index (χ3n) is 2.74. The summed E-state index contributed by atoms with van der Waals surface area (Å²) in [6.07, 6.45) is 2.84. The van der Waals surface area contributed by atoms with E-state index in [2.05, 4.69) is 20.2 Å². The summed E-state index contributed by atoms with van der Waals surface area (Å²) in [6, 6.07) is 0.530. The number of halogens is 1. The molecule has 6 heteroatoms. The Morgan fingerprint density at radius 1 is 1.62 bits per heavy atom. The van der Waals surface area contributed by atoms with E-state index >= 15 is 0 Å². The van der Waals surface area contributed by atoms with Crippen LogP contribution in [0.5, 0.6) is 0 Å². The lowest BCUT2D eigenvalue weighted by Gasteiger charge is -2.25. The summed E-state index contributed by atoms with van der Waals surface area (Å²) in [5.74, 6) is 3.79. The average molecular weight is 259 g/mol. The molecule has 1 fully saturated rings. The molecular weight excluding hydrogens is 244 g/mol. The fourth-order valence-electron chi connectivity index (χ4n) is 1.73. The zero-order valence-electron chi connectivity index (χ0n) is 9.40. The molecule has 0 spiro atoms. The monoisotopic (exact) mass is 258 g/mol. The topological polar surface area (TPSA) is 41.1 Å². The summed E-state index contributed by atoms with van der Waals surface area (Å²) in [5.41, 5.74) is 0. The van der Waals surface area contributed by atoms with E-state index in [0.717, 1.165) is 11.6 Å². The standard InChI is InChI=1S/C10H15ClN4S/c1-12-10-13-5-8(11)9(14-10)15(2)7-3-4-16-6-7/h5,7H,3-4,6H2,1-2H3,(H,12,13,14). The van der Waals surface area contributed by atoms with Crippen LogP contribution in [0.25, 0.3) is 0 Å². The third-order valence-corrected chi connectivity index (χ3v) is 4.15. The summed E-state index contributed by atoms with van der Waals surface area (Å²) >= 11 is 8.10. The minimum absolute atomic E-state index is 0.530. The fraction of sp³-hybridized carbons (Fsp3) is 0.600. The summed E-state index contributed by atoms with van der Waals surface area (Å²) < 4.78 is 0. The van der Waals surface area contributed by atoms with E-state index in [9.17, 15) is 0 Å². The smallest absolute Gasteiger partial charge is 0.224 e. The Bertz CT molecular complexity index is 368. The van der Waals surface area contributed by atoms with Gasteiger partial charge >= 0.3 is 0 Å². The Morgan fingerprint density at radius 2 is 2.44 bits per heavy atom. The first kappa shape index (κ1) is 11.8. The molecule has 1 atom stereocenters. The van der Waals surface area contributed by atoms with Gasteiger partial charge in [0.2, 0.25) is 5.95 Å². The second-order valence-electron chi connectivity index (χ2n) is 3.74. The van der Waals surface area contributed by atoms with Crippen molar-refractivity contribution < 1.29 is 0 Å². The maximum atomic E-state index is 6.13. The van der Waals surface area contributed by atoms with Gasteiger partial charge in [0.05, 0.1) is 6.20 Å². The molecule has 1 aromatic rings. The molecule has 1 aliphatic rings. The van der Waals surface area contributed by atoms with Gasteiger partial charge in [-0.25, -0.2) is 4.98 Å². The van der Waals surface area contributed by atoms with Gasteiger partial charge in [-0.15, -0.1) is 0 Å². The highest BCUT2D eigenvalue weighted by atomic mass is 35.5. The van der Waals surface area contributed by atoms with Crippen molar-refractivity contribution in [3.8, 4) is 0 Å². The Labute approximate surface area is 105 Å². The highest BCUT2D eigenvalue weighted by Crippen LogP contribution is 2.29. The number of thioether (sulfide) groups is 1. The second kappa shape index (κ2) is 5.10. The lowest BCUT2D eigenvalue weighted by atomic mass is 10.2. The molecule has 4 nitrogen and oxygen atoms in total. The summed E-state index contributed by atoms with van der Waals surface area (Å²) in [4.78, 5) is 10.6. The van der Waals surface area contributed by atoms with Crippen LogP contribution in [0.15, 0.2) is 6.20 Å². The molecule has 0 saturated carbocycles. The van der Waals surface area contributed by atoms with E-state index in [1.54, 1.807) is 13.2 Å². The first-order valence-electron chi connectivity index (χ1n) is 5.23. The van der Waals surface area contributed by atoms with Crippen LogP contribution in [0.1, 0.15) is 6.42 Å². The number of nitrogens with zero attached hydrogens (tertiary/aromatic N) is 3. The van der Waals surface area contributed by atoms with Crippen molar-refractivity contribution in [3.05, 3.63) is 11.2 Å². The molecule has 0 aliphatic carbocycles. The number of rotatable bonds is 3. The first-order chi connectivity index (χ1) is 7.72. The molecular formula is C10H15ClN4S. The number of anilines is 2. The Hall–Kier alpha value is -0.680. The molecule has 2 rings (SSSR count). The van der Waals surface area contributed by atoms with Crippen LogP contribution in [-0.2, 0) is 0 Å². The van der Waals surface area contributed by atoms with Gasteiger partial charge in [0.15, 0.2) is 5.82 Å². The molecule has 16 heavy (non-hydrogen) atoms. The maximum Gasteiger partial charge on any atom is 0.224 e. The van der Waals surface area contributed by atoms with E-state index < -0.39 is 0 Å². The van der Waals surface area contributed by atoms with Crippen molar-refractivity contribution in [1.29, 1.82) is 0 Å². The van der Waals surface area contributed by atoms with E-state index in [-0.39, 0.29) is 0 Å². The summed E-state index contributed by atoms with van der Waals surface area (Å²) in [7, 11) is 3.85. The van der Waals surface area contributed by atoms with Crippen LogP contribution in [0.4, 0.5) is 11.8 Å². The van der Waals surface area contributed by atoms with Crippen LogP contribution < -0.4 is 10.2 Å². The van der Waals surface area contributed by atoms with Crippen LogP contribution in [0.2, 0.25) is 5.02 Å². The van der Waals surface area contributed by atoms with E-state index in [0.29, 0.717) is 17.0 Å². The highest BCUT2D eigenvalue weighted by Gasteiger charge is 2.23. The van der Waals surface area contributed by atoms with Crippen LogP contribution in [0.3, 0.4) is 0 Å². The second-order valence-corrected chi connectivity index (χ2v) is 5.30.